The monoisotopic (exact) mass is 224 g/mol. The van der Waals surface area contributed by atoms with Crippen LogP contribution in [0.4, 0.5) is 10.1 Å². The Balaban J connectivity index is 2.30. The Kier molecular flexibility index (Phi) is 5.86. The number of hydrogen-bond acceptors (Lipinski definition) is 2. The van der Waals surface area contributed by atoms with Gasteiger partial charge < -0.3 is 10.2 Å². The van der Waals surface area contributed by atoms with Crippen LogP contribution in [0.25, 0.3) is 0 Å². The third kappa shape index (κ3) is 4.19. The number of halogens is 1. The fourth-order valence-electron chi connectivity index (χ4n) is 1.62. The first-order chi connectivity index (χ1) is 7.75. The Morgan fingerprint density at radius 1 is 1.25 bits per heavy atom. The van der Waals surface area contributed by atoms with Crippen molar-refractivity contribution < 1.29 is 4.39 Å². The SMILES string of the molecule is CCCNCCCN(C)c1ccccc1F. The fourth-order valence-corrected chi connectivity index (χ4v) is 1.62. The average Bonchev–Trinajstić information content (AvgIpc) is 2.29. The number of benzene rings is 1. The maximum Gasteiger partial charge on any atom is 0.146 e. The lowest BCUT2D eigenvalue weighted by atomic mass is 10.2. The van der Waals surface area contributed by atoms with Gasteiger partial charge in [0.25, 0.3) is 0 Å². The van der Waals surface area contributed by atoms with Gasteiger partial charge in [-0.05, 0) is 38.1 Å². The van der Waals surface area contributed by atoms with Gasteiger partial charge in [-0.15, -0.1) is 0 Å². The highest BCUT2D eigenvalue weighted by atomic mass is 19.1. The maximum absolute atomic E-state index is 13.4. The summed E-state index contributed by atoms with van der Waals surface area (Å²) in [5.74, 6) is -0.147. The van der Waals surface area contributed by atoms with Gasteiger partial charge in [-0.25, -0.2) is 4.39 Å². The van der Waals surface area contributed by atoms with Crippen LogP contribution in [0.15, 0.2) is 24.3 Å². The van der Waals surface area contributed by atoms with E-state index in [1.54, 1.807) is 6.07 Å². The molecule has 0 aliphatic heterocycles. The molecule has 0 unspecified atom stereocenters. The number of nitrogens with zero attached hydrogens (tertiary/aromatic N) is 1. The Morgan fingerprint density at radius 2 is 2.00 bits per heavy atom. The van der Waals surface area contributed by atoms with E-state index < -0.39 is 0 Å². The van der Waals surface area contributed by atoms with Crippen molar-refractivity contribution >= 4 is 5.69 Å². The number of rotatable bonds is 7. The highest BCUT2D eigenvalue weighted by Gasteiger charge is 2.05. The molecular formula is C13H21FN2. The Labute approximate surface area is 97.5 Å². The van der Waals surface area contributed by atoms with Crippen molar-refractivity contribution in [2.24, 2.45) is 0 Å². The van der Waals surface area contributed by atoms with E-state index in [9.17, 15) is 4.39 Å². The minimum atomic E-state index is -0.147. The van der Waals surface area contributed by atoms with Crippen LogP contribution in [-0.2, 0) is 0 Å². The molecule has 2 nitrogen and oxygen atoms in total. The topological polar surface area (TPSA) is 15.3 Å². The van der Waals surface area contributed by atoms with Gasteiger partial charge in [0.1, 0.15) is 5.82 Å². The molecule has 0 fully saturated rings. The summed E-state index contributed by atoms with van der Waals surface area (Å²) < 4.78 is 13.4. The molecular weight excluding hydrogens is 203 g/mol. The number of para-hydroxylation sites is 1. The number of hydrogen-bond donors (Lipinski definition) is 1. The Bertz CT molecular complexity index is 302. The van der Waals surface area contributed by atoms with Crippen LogP contribution in [0.2, 0.25) is 0 Å². The Morgan fingerprint density at radius 3 is 2.69 bits per heavy atom. The second-order valence-electron chi connectivity index (χ2n) is 3.98. The summed E-state index contributed by atoms with van der Waals surface area (Å²) in [6.45, 7) is 5.08. The second kappa shape index (κ2) is 7.23. The molecule has 0 aliphatic rings. The van der Waals surface area contributed by atoms with E-state index >= 15 is 0 Å². The molecule has 1 rings (SSSR count). The lowest BCUT2D eigenvalue weighted by molar-refractivity contribution is 0.610. The first-order valence-corrected chi connectivity index (χ1v) is 5.92. The van der Waals surface area contributed by atoms with Crippen molar-refractivity contribution in [2.45, 2.75) is 19.8 Å². The van der Waals surface area contributed by atoms with Gasteiger partial charge in [0.05, 0.1) is 5.69 Å². The van der Waals surface area contributed by atoms with Crippen LogP contribution in [-0.4, -0.2) is 26.7 Å². The molecule has 0 spiro atoms. The van der Waals surface area contributed by atoms with Crippen LogP contribution in [0.3, 0.4) is 0 Å². The molecule has 90 valence electrons. The van der Waals surface area contributed by atoms with Crippen LogP contribution in [0.5, 0.6) is 0 Å². The molecule has 0 aromatic heterocycles. The summed E-state index contributed by atoms with van der Waals surface area (Å²) in [5, 5.41) is 3.34. The van der Waals surface area contributed by atoms with Crippen molar-refractivity contribution in [2.75, 3.05) is 31.6 Å². The zero-order valence-electron chi connectivity index (χ0n) is 10.2. The first-order valence-electron chi connectivity index (χ1n) is 5.92. The molecule has 1 aromatic carbocycles. The minimum Gasteiger partial charge on any atom is -0.372 e. The number of nitrogens with one attached hydrogen (secondary N) is 1. The smallest absolute Gasteiger partial charge is 0.146 e. The summed E-state index contributed by atoms with van der Waals surface area (Å²) in [6, 6.07) is 6.90. The lowest BCUT2D eigenvalue weighted by Crippen LogP contribution is -2.24. The molecule has 0 amide bonds. The van der Waals surface area contributed by atoms with Gasteiger partial charge >= 0.3 is 0 Å². The molecule has 0 aliphatic carbocycles. The zero-order valence-corrected chi connectivity index (χ0v) is 10.2. The van der Waals surface area contributed by atoms with Gasteiger partial charge in [0, 0.05) is 13.6 Å². The maximum atomic E-state index is 13.4. The van der Waals surface area contributed by atoms with Crippen molar-refractivity contribution in [1.82, 2.24) is 5.32 Å². The highest BCUT2D eigenvalue weighted by molar-refractivity contribution is 5.46. The average molecular weight is 224 g/mol. The standard InChI is InChI=1S/C13H21FN2/c1-3-9-15-10-6-11-16(2)13-8-5-4-7-12(13)14/h4-5,7-8,15H,3,6,9-11H2,1-2H3. The molecule has 1 aromatic rings. The summed E-state index contributed by atoms with van der Waals surface area (Å²) in [5.41, 5.74) is 0.679. The Hall–Kier alpha value is -1.09. The molecule has 0 atom stereocenters. The van der Waals surface area contributed by atoms with Crippen LogP contribution in [0.1, 0.15) is 19.8 Å². The van der Waals surface area contributed by atoms with E-state index in [0.29, 0.717) is 5.69 Å². The second-order valence-corrected chi connectivity index (χ2v) is 3.98. The lowest BCUT2D eigenvalue weighted by Gasteiger charge is -2.19. The van der Waals surface area contributed by atoms with Gasteiger partial charge in [-0.1, -0.05) is 19.1 Å². The summed E-state index contributed by atoms with van der Waals surface area (Å²) in [6.07, 6.45) is 2.19. The molecule has 0 heterocycles. The van der Waals surface area contributed by atoms with E-state index in [2.05, 4.69) is 12.2 Å². The highest BCUT2D eigenvalue weighted by Crippen LogP contribution is 2.16. The summed E-state index contributed by atoms with van der Waals surface area (Å²) in [4.78, 5) is 1.96. The quantitative estimate of drug-likeness (QED) is 0.716. The van der Waals surface area contributed by atoms with E-state index in [4.69, 9.17) is 0 Å². The zero-order chi connectivity index (χ0) is 11.8. The van der Waals surface area contributed by atoms with E-state index in [1.165, 1.54) is 6.07 Å². The van der Waals surface area contributed by atoms with Crippen LogP contribution < -0.4 is 10.2 Å². The van der Waals surface area contributed by atoms with Crippen LogP contribution >= 0.6 is 0 Å². The largest absolute Gasteiger partial charge is 0.372 e. The van der Waals surface area contributed by atoms with Gasteiger partial charge in [0.2, 0.25) is 0 Å². The molecule has 3 heteroatoms. The van der Waals surface area contributed by atoms with Gasteiger partial charge in [0.15, 0.2) is 0 Å². The van der Waals surface area contributed by atoms with E-state index in [0.717, 1.165) is 32.5 Å². The summed E-state index contributed by atoms with van der Waals surface area (Å²) in [7, 11) is 1.93. The van der Waals surface area contributed by atoms with Crippen molar-refractivity contribution in [3.05, 3.63) is 30.1 Å². The predicted octanol–water partition coefficient (Wildman–Crippen LogP) is 2.65. The molecule has 16 heavy (non-hydrogen) atoms. The molecule has 0 bridgehead atoms. The van der Waals surface area contributed by atoms with Crippen molar-refractivity contribution in [3.63, 3.8) is 0 Å². The normalized spacial score (nSPS) is 10.4. The van der Waals surface area contributed by atoms with Crippen LogP contribution in [0, 0.1) is 5.82 Å². The molecule has 0 saturated heterocycles. The predicted molar refractivity (Wildman–Crippen MR) is 67.4 cm³/mol. The molecule has 0 radical (unpaired) electrons. The minimum absolute atomic E-state index is 0.147. The van der Waals surface area contributed by atoms with Gasteiger partial charge in [-0.2, -0.15) is 0 Å². The first kappa shape index (κ1) is 13.0. The third-order valence-electron chi connectivity index (χ3n) is 2.54. The van der Waals surface area contributed by atoms with E-state index in [1.807, 2.05) is 24.1 Å². The van der Waals surface area contributed by atoms with Crippen molar-refractivity contribution in [3.8, 4) is 0 Å². The van der Waals surface area contributed by atoms with Crippen molar-refractivity contribution in [1.29, 1.82) is 0 Å². The summed E-state index contributed by atoms with van der Waals surface area (Å²) >= 11 is 0. The number of anilines is 1. The third-order valence-corrected chi connectivity index (χ3v) is 2.54. The van der Waals surface area contributed by atoms with Gasteiger partial charge in [-0.3, -0.25) is 0 Å². The fraction of sp³-hybridized carbons (Fsp3) is 0.538. The molecule has 0 saturated carbocycles. The molecule has 1 N–H and O–H groups in total. The van der Waals surface area contributed by atoms with E-state index in [-0.39, 0.29) is 5.82 Å².